The summed E-state index contributed by atoms with van der Waals surface area (Å²) in [4.78, 5) is 0. The van der Waals surface area contributed by atoms with Crippen molar-refractivity contribution in [2.75, 3.05) is 6.54 Å². The fourth-order valence-corrected chi connectivity index (χ4v) is 1.01. The molecule has 0 amide bonds. The van der Waals surface area contributed by atoms with Gasteiger partial charge in [0.15, 0.2) is 0 Å². The van der Waals surface area contributed by atoms with Gasteiger partial charge in [0.2, 0.25) is 0 Å². The lowest BCUT2D eigenvalue weighted by atomic mass is 10.1. The number of benzene rings is 1. The minimum absolute atomic E-state index is 0.208. The zero-order valence-electron chi connectivity index (χ0n) is 7.55. The first-order valence-corrected chi connectivity index (χ1v) is 4.12. The van der Waals surface area contributed by atoms with E-state index in [0.29, 0.717) is 11.1 Å². The highest BCUT2D eigenvalue weighted by Gasteiger charge is 2.00. The van der Waals surface area contributed by atoms with Gasteiger partial charge in [0, 0.05) is 0 Å². The third-order valence-electron chi connectivity index (χ3n) is 1.64. The van der Waals surface area contributed by atoms with Gasteiger partial charge in [-0.1, -0.05) is 17.9 Å². The number of nitriles is 1. The summed E-state index contributed by atoms with van der Waals surface area (Å²) < 4.78 is 13.2. The average Bonchev–Trinajstić information content (AvgIpc) is 2.17. The van der Waals surface area contributed by atoms with E-state index in [1.54, 1.807) is 12.1 Å². The zero-order valence-corrected chi connectivity index (χ0v) is 7.55. The second kappa shape index (κ2) is 5.01. The van der Waals surface area contributed by atoms with Crippen LogP contribution in [0, 0.1) is 29.0 Å². The average molecular weight is 188 g/mol. The molecule has 70 valence electrons. The molecule has 0 fully saturated rings. The van der Waals surface area contributed by atoms with Crippen molar-refractivity contribution in [1.82, 2.24) is 0 Å². The Labute approximate surface area is 82.2 Å². The van der Waals surface area contributed by atoms with Gasteiger partial charge >= 0.3 is 0 Å². The van der Waals surface area contributed by atoms with Gasteiger partial charge in [0.05, 0.1) is 24.6 Å². The molecule has 0 unspecified atom stereocenters. The summed E-state index contributed by atoms with van der Waals surface area (Å²) in [6, 6.07) is 6.52. The molecule has 1 rings (SSSR count). The van der Waals surface area contributed by atoms with Gasteiger partial charge in [-0.05, 0) is 17.7 Å². The summed E-state index contributed by atoms with van der Waals surface area (Å²) >= 11 is 0. The Morgan fingerprint density at radius 1 is 1.43 bits per heavy atom. The minimum Gasteiger partial charge on any atom is -0.320 e. The Balaban J connectivity index is 2.96. The Kier molecular flexibility index (Phi) is 3.67. The Hall–Kier alpha value is -1.84. The predicted molar refractivity (Wildman–Crippen MR) is 51.6 cm³/mol. The highest BCUT2D eigenvalue weighted by molar-refractivity contribution is 5.38. The monoisotopic (exact) mass is 188 g/mol. The van der Waals surface area contributed by atoms with Gasteiger partial charge in [-0.2, -0.15) is 5.26 Å². The van der Waals surface area contributed by atoms with E-state index in [2.05, 4.69) is 11.8 Å². The predicted octanol–water partition coefficient (Wildman–Crippen LogP) is 1.20. The van der Waals surface area contributed by atoms with E-state index in [1.165, 1.54) is 6.07 Å². The summed E-state index contributed by atoms with van der Waals surface area (Å²) in [6.07, 6.45) is 0.210. The lowest BCUT2D eigenvalue weighted by Gasteiger charge is -1.97. The van der Waals surface area contributed by atoms with E-state index in [9.17, 15) is 4.39 Å². The molecule has 0 aliphatic carbocycles. The van der Waals surface area contributed by atoms with Gasteiger partial charge in [-0.3, -0.25) is 0 Å². The molecule has 1 aromatic rings. The number of hydrogen-bond acceptors (Lipinski definition) is 2. The maximum Gasteiger partial charge on any atom is 0.139 e. The third-order valence-corrected chi connectivity index (χ3v) is 1.64. The fraction of sp³-hybridized carbons (Fsp3) is 0.182. The van der Waals surface area contributed by atoms with E-state index >= 15 is 0 Å². The fourth-order valence-electron chi connectivity index (χ4n) is 1.01. The molecule has 1 aromatic carbocycles. The molecule has 0 aliphatic rings. The summed E-state index contributed by atoms with van der Waals surface area (Å²) in [5.74, 6) is 4.77. The first-order valence-electron chi connectivity index (χ1n) is 4.12. The van der Waals surface area contributed by atoms with Crippen molar-refractivity contribution in [2.24, 2.45) is 5.73 Å². The van der Waals surface area contributed by atoms with E-state index in [0.717, 1.165) is 0 Å². The molecule has 0 spiro atoms. The van der Waals surface area contributed by atoms with E-state index in [4.69, 9.17) is 11.0 Å². The Bertz CT molecular complexity index is 421. The van der Waals surface area contributed by atoms with Crippen LogP contribution in [0.5, 0.6) is 0 Å². The normalized spacial score (nSPS) is 8.64. The topological polar surface area (TPSA) is 49.8 Å². The van der Waals surface area contributed by atoms with Crippen LogP contribution in [0.3, 0.4) is 0 Å². The van der Waals surface area contributed by atoms with Crippen LogP contribution < -0.4 is 5.73 Å². The van der Waals surface area contributed by atoms with Gasteiger partial charge in [0.1, 0.15) is 5.82 Å². The van der Waals surface area contributed by atoms with Gasteiger partial charge in [0.25, 0.3) is 0 Å². The maximum atomic E-state index is 13.2. The minimum atomic E-state index is -0.404. The molecular formula is C11H9FN2. The van der Waals surface area contributed by atoms with Gasteiger partial charge < -0.3 is 5.73 Å². The highest BCUT2D eigenvalue weighted by Crippen LogP contribution is 2.09. The second-order valence-corrected chi connectivity index (χ2v) is 2.65. The third kappa shape index (κ3) is 2.58. The molecule has 0 saturated heterocycles. The Morgan fingerprint density at radius 2 is 2.21 bits per heavy atom. The second-order valence-electron chi connectivity index (χ2n) is 2.65. The highest BCUT2D eigenvalue weighted by atomic mass is 19.1. The largest absolute Gasteiger partial charge is 0.320 e. The van der Waals surface area contributed by atoms with Crippen LogP contribution in [0.15, 0.2) is 18.2 Å². The lowest BCUT2D eigenvalue weighted by Crippen LogP contribution is -1.94. The maximum absolute atomic E-state index is 13.2. The number of nitrogens with two attached hydrogens (primary N) is 1. The van der Waals surface area contributed by atoms with Crippen molar-refractivity contribution in [3.05, 3.63) is 35.1 Å². The molecule has 0 atom stereocenters. The number of halogens is 1. The number of rotatable bonds is 1. The molecule has 0 saturated carbocycles. The molecule has 0 aromatic heterocycles. The van der Waals surface area contributed by atoms with Crippen LogP contribution in [0.4, 0.5) is 4.39 Å². The number of nitrogens with zero attached hydrogens (tertiary/aromatic N) is 1. The van der Waals surface area contributed by atoms with Gasteiger partial charge in [-0.15, -0.1) is 0 Å². The molecule has 0 bridgehead atoms. The smallest absolute Gasteiger partial charge is 0.139 e. The molecule has 0 radical (unpaired) electrons. The molecule has 14 heavy (non-hydrogen) atoms. The van der Waals surface area contributed by atoms with Crippen molar-refractivity contribution in [3.8, 4) is 17.9 Å². The lowest BCUT2D eigenvalue weighted by molar-refractivity contribution is 0.622. The standard InChI is InChI=1S/C11H9FN2/c12-11-8-9(5-7-14)3-4-10(11)2-1-6-13/h3-4,8H,5-6,13H2. The van der Waals surface area contributed by atoms with Crippen LogP contribution >= 0.6 is 0 Å². The van der Waals surface area contributed by atoms with Crippen molar-refractivity contribution < 1.29 is 4.39 Å². The molecule has 3 heteroatoms. The van der Waals surface area contributed by atoms with Crippen LogP contribution in [0.2, 0.25) is 0 Å². The van der Waals surface area contributed by atoms with E-state index in [1.807, 2.05) is 6.07 Å². The van der Waals surface area contributed by atoms with Crippen LogP contribution in [0.25, 0.3) is 0 Å². The first-order chi connectivity index (χ1) is 6.77. The Morgan fingerprint density at radius 3 is 2.79 bits per heavy atom. The molecular weight excluding hydrogens is 179 g/mol. The summed E-state index contributed by atoms with van der Waals surface area (Å²) in [7, 11) is 0. The van der Waals surface area contributed by atoms with E-state index < -0.39 is 5.82 Å². The molecule has 0 heterocycles. The molecule has 0 aliphatic heterocycles. The first kappa shape index (κ1) is 10.2. The molecule has 2 N–H and O–H groups in total. The van der Waals surface area contributed by atoms with Crippen molar-refractivity contribution in [3.63, 3.8) is 0 Å². The zero-order chi connectivity index (χ0) is 10.4. The summed E-state index contributed by atoms with van der Waals surface area (Å²) in [5.41, 5.74) is 6.14. The van der Waals surface area contributed by atoms with Crippen molar-refractivity contribution in [2.45, 2.75) is 6.42 Å². The molecule has 2 nitrogen and oxygen atoms in total. The van der Waals surface area contributed by atoms with Crippen LogP contribution in [0.1, 0.15) is 11.1 Å². The van der Waals surface area contributed by atoms with Crippen LogP contribution in [-0.2, 0) is 6.42 Å². The van der Waals surface area contributed by atoms with Crippen molar-refractivity contribution in [1.29, 1.82) is 5.26 Å². The van der Waals surface area contributed by atoms with Crippen molar-refractivity contribution >= 4 is 0 Å². The number of hydrogen-bond donors (Lipinski definition) is 1. The van der Waals surface area contributed by atoms with E-state index in [-0.39, 0.29) is 13.0 Å². The summed E-state index contributed by atoms with van der Waals surface area (Å²) in [5, 5.41) is 8.40. The van der Waals surface area contributed by atoms with Gasteiger partial charge in [-0.25, -0.2) is 4.39 Å². The summed E-state index contributed by atoms with van der Waals surface area (Å²) in [6.45, 7) is 0.208. The SMILES string of the molecule is N#CCc1ccc(C#CCN)c(F)c1. The quantitative estimate of drug-likeness (QED) is 0.673. The van der Waals surface area contributed by atoms with Crippen LogP contribution in [-0.4, -0.2) is 6.54 Å².